The third-order valence-corrected chi connectivity index (χ3v) is 2.48. The van der Waals surface area contributed by atoms with Gasteiger partial charge in [-0.15, -0.1) is 0 Å². The van der Waals surface area contributed by atoms with Gasteiger partial charge in [-0.25, -0.2) is 0 Å². The zero-order chi connectivity index (χ0) is 10.6. The van der Waals surface area contributed by atoms with Gasteiger partial charge in [0.1, 0.15) is 5.60 Å². The van der Waals surface area contributed by atoms with Crippen LogP contribution < -0.4 is 10.6 Å². The number of rotatable bonds is 6. The van der Waals surface area contributed by atoms with Gasteiger partial charge in [-0.05, 0) is 26.7 Å². The molecule has 0 saturated heterocycles. The summed E-state index contributed by atoms with van der Waals surface area (Å²) in [4.78, 5) is 11.5. The number of methoxy groups -OCH3 is 1. The number of nitrogens with one attached hydrogen (secondary N) is 2. The van der Waals surface area contributed by atoms with E-state index in [1.165, 1.54) is 12.8 Å². The van der Waals surface area contributed by atoms with Crippen molar-refractivity contribution in [3.05, 3.63) is 0 Å². The van der Waals surface area contributed by atoms with E-state index in [0.29, 0.717) is 12.6 Å². The van der Waals surface area contributed by atoms with Crippen LogP contribution in [-0.4, -0.2) is 37.7 Å². The SMILES string of the molecule is COC(C)(C)C(=O)NCCNC1CC1. The van der Waals surface area contributed by atoms with Crippen LogP contribution in [0.4, 0.5) is 0 Å². The summed E-state index contributed by atoms with van der Waals surface area (Å²) in [5.41, 5.74) is -0.723. The Bertz CT molecular complexity index is 200. The molecule has 1 amide bonds. The van der Waals surface area contributed by atoms with Crippen molar-refractivity contribution in [1.82, 2.24) is 10.6 Å². The maximum absolute atomic E-state index is 11.5. The first-order chi connectivity index (χ1) is 6.56. The third-order valence-electron chi connectivity index (χ3n) is 2.48. The molecule has 0 spiro atoms. The molecule has 4 heteroatoms. The Balaban J connectivity index is 2.07. The number of hydrogen-bond donors (Lipinski definition) is 2. The normalized spacial score (nSPS) is 16.8. The summed E-state index contributed by atoms with van der Waals surface area (Å²) in [6.45, 7) is 5.03. The molecule has 1 rings (SSSR count). The second-order valence-corrected chi connectivity index (χ2v) is 4.20. The summed E-state index contributed by atoms with van der Waals surface area (Å²) in [6, 6.07) is 0.697. The number of hydrogen-bond acceptors (Lipinski definition) is 3. The lowest BCUT2D eigenvalue weighted by atomic mass is 10.1. The Morgan fingerprint density at radius 1 is 1.43 bits per heavy atom. The van der Waals surface area contributed by atoms with Crippen molar-refractivity contribution in [2.45, 2.75) is 38.3 Å². The Kier molecular flexibility index (Phi) is 3.89. The monoisotopic (exact) mass is 200 g/mol. The Morgan fingerprint density at radius 3 is 2.57 bits per heavy atom. The van der Waals surface area contributed by atoms with Gasteiger partial charge >= 0.3 is 0 Å². The largest absolute Gasteiger partial charge is 0.369 e. The minimum atomic E-state index is -0.723. The van der Waals surface area contributed by atoms with Gasteiger partial charge < -0.3 is 15.4 Å². The van der Waals surface area contributed by atoms with Crippen LogP contribution >= 0.6 is 0 Å². The number of amides is 1. The predicted octanol–water partition coefficient (Wildman–Crippen LogP) is 0.280. The van der Waals surface area contributed by atoms with Crippen molar-refractivity contribution in [2.75, 3.05) is 20.2 Å². The summed E-state index contributed by atoms with van der Waals surface area (Å²) < 4.78 is 5.06. The van der Waals surface area contributed by atoms with E-state index in [4.69, 9.17) is 4.74 Å². The van der Waals surface area contributed by atoms with Gasteiger partial charge in [-0.1, -0.05) is 0 Å². The van der Waals surface area contributed by atoms with E-state index >= 15 is 0 Å². The predicted molar refractivity (Wildman–Crippen MR) is 55.1 cm³/mol. The second-order valence-electron chi connectivity index (χ2n) is 4.20. The molecule has 0 heterocycles. The molecule has 0 unspecified atom stereocenters. The van der Waals surface area contributed by atoms with Gasteiger partial charge in [0.15, 0.2) is 0 Å². The average molecular weight is 200 g/mol. The zero-order valence-corrected chi connectivity index (χ0v) is 9.22. The van der Waals surface area contributed by atoms with E-state index < -0.39 is 5.60 Å². The van der Waals surface area contributed by atoms with Gasteiger partial charge in [0.2, 0.25) is 0 Å². The molecule has 1 saturated carbocycles. The highest BCUT2D eigenvalue weighted by Crippen LogP contribution is 2.17. The van der Waals surface area contributed by atoms with Crippen LogP contribution in [0.5, 0.6) is 0 Å². The van der Waals surface area contributed by atoms with E-state index in [2.05, 4.69) is 10.6 Å². The van der Waals surface area contributed by atoms with Gasteiger partial charge in [0.25, 0.3) is 5.91 Å². The lowest BCUT2D eigenvalue weighted by Crippen LogP contribution is -2.45. The second kappa shape index (κ2) is 4.75. The molecule has 2 N–H and O–H groups in total. The summed E-state index contributed by atoms with van der Waals surface area (Å²) in [7, 11) is 1.54. The smallest absolute Gasteiger partial charge is 0.251 e. The van der Waals surface area contributed by atoms with Gasteiger partial charge in [0.05, 0.1) is 0 Å². The molecule has 0 bridgehead atoms. The summed E-state index contributed by atoms with van der Waals surface area (Å²) >= 11 is 0. The topological polar surface area (TPSA) is 50.4 Å². The van der Waals surface area contributed by atoms with Gasteiger partial charge in [0, 0.05) is 26.2 Å². The zero-order valence-electron chi connectivity index (χ0n) is 9.22. The fourth-order valence-electron chi connectivity index (χ4n) is 1.05. The van der Waals surface area contributed by atoms with Crippen molar-refractivity contribution < 1.29 is 9.53 Å². The molecule has 0 aromatic rings. The molecule has 4 nitrogen and oxygen atoms in total. The minimum Gasteiger partial charge on any atom is -0.369 e. The molecular formula is C10H20N2O2. The van der Waals surface area contributed by atoms with Gasteiger partial charge in [-0.3, -0.25) is 4.79 Å². The van der Waals surface area contributed by atoms with Crippen LogP contribution in [0.15, 0.2) is 0 Å². The fraction of sp³-hybridized carbons (Fsp3) is 0.900. The van der Waals surface area contributed by atoms with Crippen molar-refractivity contribution in [2.24, 2.45) is 0 Å². The van der Waals surface area contributed by atoms with Crippen molar-refractivity contribution in [3.63, 3.8) is 0 Å². The van der Waals surface area contributed by atoms with E-state index in [0.717, 1.165) is 6.54 Å². The van der Waals surface area contributed by atoms with Crippen LogP contribution in [0.1, 0.15) is 26.7 Å². The number of ether oxygens (including phenoxy) is 1. The highest BCUT2D eigenvalue weighted by atomic mass is 16.5. The minimum absolute atomic E-state index is 0.0578. The molecule has 82 valence electrons. The standard InChI is InChI=1S/C10H20N2O2/c1-10(2,14-3)9(13)12-7-6-11-8-4-5-8/h8,11H,4-7H2,1-3H3,(H,12,13). The van der Waals surface area contributed by atoms with E-state index in [-0.39, 0.29) is 5.91 Å². The van der Waals surface area contributed by atoms with Crippen LogP contribution in [0.2, 0.25) is 0 Å². The lowest BCUT2D eigenvalue weighted by Gasteiger charge is -2.21. The molecule has 0 atom stereocenters. The fourth-order valence-corrected chi connectivity index (χ4v) is 1.05. The molecule has 14 heavy (non-hydrogen) atoms. The van der Waals surface area contributed by atoms with Crippen LogP contribution in [0, 0.1) is 0 Å². The van der Waals surface area contributed by atoms with Crippen molar-refractivity contribution >= 4 is 5.91 Å². The van der Waals surface area contributed by atoms with E-state index in [1.807, 2.05) is 0 Å². The summed E-state index contributed by atoms with van der Waals surface area (Å²) in [5, 5.41) is 6.16. The first-order valence-electron chi connectivity index (χ1n) is 5.13. The highest BCUT2D eigenvalue weighted by Gasteiger charge is 2.26. The van der Waals surface area contributed by atoms with Crippen LogP contribution in [0.25, 0.3) is 0 Å². The van der Waals surface area contributed by atoms with Crippen LogP contribution in [-0.2, 0) is 9.53 Å². The molecule has 0 aromatic heterocycles. The van der Waals surface area contributed by atoms with Crippen molar-refractivity contribution in [3.8, 4) is 0 Å². The molecule has 1 aliphatic rings. The van der Waals surface area contributed by atoms with E-state index in [1.54, 1.807) is 21.0 Å². The molecular weight excluding hydrogens is 180 g/mol. The molecule has 0 aliphatic heterocycles. The lowest BCUT2D eigenvalue weighted by molar-refractivity contribution is -0.139. The Labute approximate surface area is 85.4 Å². The highest BCUT2D eigenvalue weighted by molar-refractivity contribution is 5.84. The average Bonchev–Trinajstić information content (AvgIpc) is 2.95. The molecule has 1 aliphatic carbocycles. The molecule has 0 aromatic carbocycles. The number of carbonyl (C=O) groups is 1. The van der Waals surface area contributed by atoms with Crippen LogP contribution in [0.3, 0.4) is 0 Å². The van der Waals surface area contributed by atoms with E-state index in [9.17, 15) is 4.79 Å². The maximum Gasteiger partial charge on any atom is 0.251 e. The number of carbonyl (C=O) groups excluding carboxylic acids is 1. The molecule has 0 radical (unpaired) electrons. The Morgan fingerprint density at radius 2 is 2.07 bits per heavy atom. The van der Waals surface area contributed by atoms with Crippen molar-refractivity contribution in [1.29, 1.82) is 0 Å². The Hall–Kier alpha value is -0.610. The summed E-state index contributed by atoms with van der Waals surface area (Å²) in [6.07, 6.45) is 2.55. The maximum atomic E-state index is 11.5. The first-order valence-corrected chi connectivity index (χ1v) is 5.13. The first kappa shape index (κ1) is 11.5. The summed E-state index contributed by atoms with van der Waals surface area (Å²) in [5.74, 6) is -0.0578. The molecule has 1 fully saturated rings. The quantitative estimate of drug-likeness (QED) is 0.605. The van der Waals surface area contributed by atoms with Gasteiger partial charge in [-0.2, -0.15) is 0 Å². The third kappa shape index (κ3) is 3.64.